The van der Waals surface area contributed by atoms with E-state index in [1.165, 1.54) is 51.4 Å². The third-order valence-electron chi connectivity index (χ3n) is 2.75. The SMILES string of the molecule is C#CCCCCCCCCCCOC(C)(C)C. The van der Waals surface area contributed by atoms with Crippen molar-refractivity contribution < 1.29 is 4.74 Å². The van der Waals surface area contributed by atoms with Gasteiger partial charge in [0.1, 0.15) is 0 Å². The van der Waals surface area contributed by atoms with Gasteiger partial charge in [0.15, 0.2) is 0 Å². The van der Waals surface area contributed by atoms with Gasteiger partial charge in [0.25, 0.3) is 0 Å². The molecule has 0 aliphatic rings. The maximum Gasteiger partial charge on any atom is 0.0598 e. The summed E-state index contributed by atoms with van der Waals surface area (Å²) < 4.78 is 5.68. The van der Waals surface area contributed by atoms with Crippen molar-refractivity contribution in [2.45, 2.75) is 84.2 Å². The minimum atomic E-state index is 0.0248. The summed E-state index contributed by atoms with van der Waals surface area (Å²) in [7, 11) is 0. The molecule has 0 saturated heterocycles. The van der Waals surface area contributed by atoms with Crippen LogP contribution in [0, 0.1) is 12.3 Å². The van der Waals surface area contributed by atoms with Crippen molar-refractivity contribution in [1.82, 2.24) is 0 Å². The molecule has 0 saturated carbocycles. The van der Waals surface area contributed by atoms with Gasteiger partial charge >= 0.3 is 0 Å². The first-order valence-electron chi connectivity index (χ1n) is 7.14. The van der Waals surface area contributed by atoms with Gasteiger partial charge in [-0.3, -0.25) is 0 Å². The smallest absolute Gasteiger partial charge is 0.0598 e. The average Bonchev–Trinajstić information content (AvgIpc) is 2.24. The Morgan fingerprint density at radius 1 is 0.824 bits per heavy atom. The summed E-state index contributed by atoms with van der Waals surface area (Å²) in [5.74, 6) is 2.69. The molecule has 0 bridgehead atoms. The molecular weight excluding hydrogens is 208 g/mol. The van der Waals surface area contributed by atoms with Crippen molar-refractivity contribution in [3.8, 4) is 12.3 Å². The third kappa shape index (κ3) is 15.5. The minimum Gasteiger partial charge on any atom is -0.376 e. The summed E-state index contributed by atoms with van der Waals surface area (Å²) in [6.07, 6.45) is 16.6. The lowest BCUT2D eigenvalue weighted by molar-refractivity contribution is -0.00474. The molecule has 0 rings (SSSR count). The second kappa shape index (κ2) is 10.7. The highest BCUT2D eigenvalue weighted by molar-refractivity contribution is 4.82. The normalized spacial score (nSPS) is 11.4. The third-order valence-corrected chi connectivity index (χ3v) is 2.75. The maximum absolute atomic E-state index is 5.68. The van der Waals surface area contributed by atoms with Crippen molar-refractivity contribution in [1.29, 1.82) is 0 Å². The number of ether oxygens (including phenoxy) is 1. The average molecular weight is 238 g/mol. The Kier molecular flexibility index (Phi) is 10.4. The molecule has 0 fully saturated rings. The molecule has 0 aliphatic heterocycles. The largest absolute Gasteiger partial charge is 0.376 e. The predicted molar refractivity (Wildman–Crippen MR) is 76.1 cm³/mol. The van der Waals surface area contributed by atoms with Crippen molar-refractivity contribution in [3.05, 3.63) is 0 Å². The van der Waals surface area contributed by atoms with E-state index in [2.05, 4.69) is 26.7 Å². The Labute approximate surface area is 108 Å². The molecule has 0 aliphatic carbocycles. The van der Waals surface area contributed by atoms with E-state index in [0.29, 0.717) is 0 Å². The van der Waals surface area contributed by atoms with Crippen LogP contribution in [0.15, 0.2) is 0 Å². The van der Waals surface area contributed by atoms with Crippen molar-refractivity contribution in [2.24, 2.45) is 0 Å². The van der Waals surface area contributed by atoms with E-state index in [4.69, 9.17) is 11.2 Å². The van der Waals surface area contributed by atoms with Crippen LogP contribution in [-0.2, 0) is 4.74 Å². The fraction of sp³-hybridized carbons (Fsp3) is 0.875. The number of unbranched alkanes of at least 4 members (excludes halogenated alkanes) is 8. The van der Waals surface area contributed by atoms with E-state index in [1.807, 2.05) is 0 Å². The van der Waals surface area contributed by atoms with Crippen LogP contribution in [0.3, 0.4) is 0 Å². The molecule has 0 radical (unpaired) electrons. The van der Waals surface area contributed by atoms with Crippen molar-refractivity contribution >= 4 is 0 Å². The lowest BCUT2D eigenvalue weighted by Crippen LogP contribution is -2.19. The topological polar surface area (TPSA) is 9.23 Å². The van der Waals surface area contributed by atoms with Gasteiger partial charge in [-0.1, -0.05) is 38.5 Å². The fourth-order valence-electron chi connectivity index (χ4n) is 1.77. The van der Waals surface area contributed by atoms with Crippen LogP contribution in [0.1, 0.15) is 78.6 Å². The highest BCUT2D eigenvalue weighted by Gasteiger charge is 2.08. The molecule has 0 unspecified atom stereocenters. The van der Waals surface area contributed by atoms with Crippen LogP contribution in [0.2, 0.25) is 0 Å². The van der Waals surface area contributed by atoms with Crippen LogP contribution < -0.4 is 0 Å². The first-order chi connectivity index (χ1) is 8.06. The van der Waals surface area contributed by atoms with Gasteiger partial charge in [-0.25, -0.2) is 0 Å². The van der Waals surface area contributed by atoms with Gasteiger partial charge in [-0.05, 0) is 33.6 Å². The van der Waals surface area contributed by atoms with Gasteiger partial charge in [-0.2, -0.15) is 0 Å². The van der Waals surface area contributed by atoms with Crippen LogP contribution in [0.25, 0.3) is 0 Å². The molecule has 0 amide bonds. The molecule has 17 heavy (non-hydrogen) atoms. The van der Waals surface area contributed by atoms with Crippen molar-refractivity contribution in [3.63, 3.8) is 0 Å². The lowest BCUT2D eigenvalue weighted by atomic mass is 10.1. The Hall–Kier alpha value is -0.480. The van der Waals surface area contributed by atoms with E-state index < -0.39 is 0 Å². The number of hydrogen-bond donors (Lipinski definition) is 0. The molecular formula is C16H30O. The zero-order valence-electron chi connectivity index (χ0n) is 12.1. The molecule has 0 aromatic heterocycles. The Morgan fingerprint density at radius 3 is 1.76 bits per heavy atom. The Balaban J connectivity index is 3.02. The first kappa shape index (κ1) is 16.5. The quantitative estimate of drug-likeness (QED) is 0.387. The summed E-state index contributed by atoms with van der Waals surface area (Å²) in [6.45, 7) is 7.25. The van der Waals surface area contributed by atoms with Crippen molar-refractivity contribution in [2.75, 3.05) is 6.61 Å². The summed E-state index contributed by atoms with van der Waals surface area (Å²) in [5.41, 5.74) is 0.0248. The molecule has 0 heterocycles. The zero-order chi connectivity index (χ0) is 13.0. The molecule has 0 N–H and O–H groups in total. The van der Waals surface area contributed by atoms with Crippen LogP contribution in [0.4, 0.5) is 0 Å². The van der Waals surface area contributed by atoms with Gasteiger partial charge < -0.3 is 4.74 Å². The highest BCUT2D eigenvalue weighted by atomic mass is 16.5. The highest BCUT2D eigenvalue weighted by Crippen LogP contribution is 2.11. The van der Waals surface area contributed by atoms with E-state index in [1.54, 1.807) is 0 Å². The minimum absolute atomic E-state index is 0.0248. The first-order valence-corrected chi connectivity index (χ1v) is 7.14. The monoisotopic (exact) mass is 238 g/mol. The van der Waals surface area contributed by atoms with E-state index in [0.717, 1.165) is 13.0 Å². The Morgan fingerprint density at radius 2 is 1.29 bits per heavy atom. The second-order valence-electron chi connectivity index (χ2n) is 5.74. The van der Waals surface area contributed by atoms with Crippen LogP contribution in [-0.4, -0.2) is 12.2 Å². The summed E-state index contributed by atoms with van der Waals surface area (Å²) in [6, 6.07) is 0. The van der Waals surface area contributed by atoms with Gasteiger partial charge in [0.2, 0.25) is 0 Å². The number of terminal acetylenes is 1. The standard InChI is InChI=1S/C16H30O/c1-5-6-7-8-9-10-11-12-13-14-15-17-16(2,3)4/h1H,6-15H2,2-4H3. The second-order valence-corrected chi connectivity index (χ2v) is 5.74. The van der Waals surface area contributed by atoms with Gasteiger partial charge in [0, 0.05) is 13.0 Å². The fourth-order valence-corrected chi connectivity index (χ4v) is 1.77. The number of hydrogen-bond acceptors (Lipinski definition) is 1. The Bertz CT molecular complexity index is 195. The summed E-state index contributed by atoms with van der Waals surface area (Å²) >= 11 is 0. The predicted octanol–water partition coefficient (Wildman–Crippen LogP) is 4.95. The zero-order valence-corrected chi connectivity index (χ0v) is 12.1. The van der Waals surface area contributed by atoms with Gasteiger partial charge in [-0.15, -0.1) is 12.3 Å². The lowest BCUT2D eigenvalue weighted by Gasteiger charge is -2.19. The van der Waals surface area contributed by atoms with Gasteiger partial charge in [0.05, 0.1) is 5.60 Å². The van der Waals surface area contributed by atoms with E-state index in [-0.39, 0.29) is 5.60 Å². The molecule has 1 heteroatoms. The van der Waals surface area contributed by atoms with Crippen LogP contribution in [0.5, 0.6) is 0 Å². The molecule has 0 atom stereocenters. The molecule has 1 nitrogen and oxygen atoms in total. The summed E-state index contributed by atoms with van der Waals surface area (Å²) in [4.78, 5) is 0. The van der Waals surface area contributed by atoms with Crippen LogP contribution >= 0.6 is 0 Å². The summed E-state index contributed by atoms with van der Waals surface area (Å²) in [5, 5.41) is 0. The maximum atomic E-state index is 5.68. The van der Waals surface area contributed by atoms with E-state index in [9.17, 15) is 0 Å². The molecule has 0 aromatic carbocycles. The molecule has 0 aromatic rings. The number of rotatable bonds is 10. The van der Waals surface area contributed by atoms with E-state index >= 15 is 0 Å². The molecule has 0 spiro atoms. The molecule has 100 valence electrons.